The Balaban J connectivity index is 2.44. The van der Waals surface area contributed by atoms with Crippen molar-refractivity contribution >= 4 is 29.8 Å². The Labute approximate surface area is 126 Å². The number of carbonyl (C=O) groups excluding carboxylic acids is 1. The van der Waals surface area contributed by atoms with Gasteiger partial charge in [-0.3, -0.25) is 0 Å². The van der Waals surface area contributed by atoms with E-state index in [9.17, 15) is 4.79 Å². The predicted molar refractivity (Wildman–Crippen MR) is 84.2 cm³/mol. The highest BCUT2D eigenvalue weighted by Crippen LogP contribution is 2.12. The minimum absolute atomic E-state index is 0.264. The standard InChI is InChI=1S/C13H24N4O2S/c1-13(2,3)19-12(18)17-8-6-16(7-9-17)11(20)14-10-15(4)5/h10H,6-9H2,1-5H3/b14-10+. The highest BCUT2D eigenvalue weighted by atomic mass is 32.1. The fourth-order valence-corrected chi connectivity index (χ4v) is 1.88. The molecule has 0 radical (unpaired) electrons. The molecule has 20 heavy (non-hydrogen) atoms. The van der Waals surface area contributed by atoms with E-state index in [0.717, 1.165) is 0 Å². The van der Waals surface area contributed by atoms with Crippen LogP contribution in [0, 0.1) is 0 Å². The Kier molecular flexibility index (Phi) is 5.74. The third kappa shape index (κ3) is 5.73. The molecule has 0 aromatic rings. The van der Waals surface area contributed by atoms with Gasteiger partial charge in [-0.05, 0) is 33.0 Å². The van der Waals surface area contributed by atoms with Gasteiger partial charge in [-0.1, -0.05) is 0 Å². The van der Waals surface area contributed by atoms with Crippen LogP contribution in [-0.2, 0) is 4.74 Å². The molecule has 0 N–H and O–H groups in total. The summed E-state index contributed by atoms with van der Waals surface area (Å²) in [6.45, 7) is 8.18. The zero-order valence-electron chi connectivity index (χ0n) is 12.9. The maximum atomic E-state index is 11.9. The second-order valence-corrected chi connectivity index (χ2v) is 6.31. The second-order valence-electron chi connectivity index (χ2n) is 5.95. The third-order valence-corrected chi connectivity index (χ3v) is 2.96. The predicted octanol–water partition coefficient (Wildman–Crippen LogP) is 1.41. The normalized spacial score (nSPS) is 16.4. The van der Waals surface area contributed by atoms with E-state index in [2.05, 4.69) is 4.99 Å². The first-order valence-corrected chi connectivity index (χ1v) is 7.07. The average Bonchev–Trinajstić information content (AvgIpc) is 2.34. The Bertz CT molecular complexity index is 382. The van der Waals surface area contributed by atoms with Crippen molar-refractivity contribution < 1.29 is 9.53 Å². The van der Waals surface area contributed by atoms with E-state index >= 15 is 0 Å². The Morgan fingerprint density at radius 3 is 2.15 bits per heavy atom. The lowest BCUT2D eigenvalue weighted by Gasteiger charge is -2.35. The van der Waals surface area contributed by atoms with Crippen LogP contribution in [0.25, 0.3) is 0 Å². The van der Waals surface area contributed by atoms with Crippen molar-refractivity contribution in [3.05, 3.63) is 0 Å². The molecule has 0 aromatic carbocycles. The van der Waals surface area contributed by atoms with Gasteiger partial charge in [-0.15, -0.1) is 0 Å². The largest absolute Gasteiger partial charge is 0.444 e. The summed E-state index contributed by atoms with van der Waals surface area (Å²) in [5, 5.41) is 0.558. The van der Waals surface area contributed by atoms with Gasteiger partial charge in [0.2, 0.25) is 0 Å². The summed E-state index contributed by atoms with van der Waals surface area (Å²) >= 11 is 5.25. The lowest BCUT2D eigenvalue weighted by molar-refractivity contribution is 0.0188. The van der Waals surface area contributed by atoms with Crippen LogP contribution in [0.3, 0.4) is 0 Å². The number of nitrogens with zero attached hydrogens (tertiary/aromatic N) is 4. The molecule has 0 aliphatic carbocycles. The van der Waals surface area contributed by atoms with Crippen LogP contribution >= 0.6 is 12.2 Å². The van der Waals surface area contributed by atoms with Crippen LogP contribution in [0.5, 0.6) is 0 Å². The molecule has 1 heterocycles. The van der Waals surface area contributed by atoms with Gasteiger partial charge >= 0.3 is 6.09 Å². The van der Waals surface area contributed by atoms with Crippen LogP contribution in [0.4, 0.5) is 4.79 Å². The van der Waals surface area contributed by atoms with Gasteiger partial charge in [0.15, 0.2) is 5.11 Å². The van der Waals surface area contributed by atoms with Crippen molar-refractivity contribution in [2.75, 3.05) is 40.3 Å². The van der Waals surface area contributed by atoms with Crippen molar-refractivity contribution in [1.82, 2.24) is 14.7 Å². The molecular weight excluding hydrogens is 276 g/mol. The van der Waals surface area contributed by atoms with Crippen LogP contribution in [0.1, 0.15) is 20.8 Å². The topological polar surface area (TPSA) is 48.4 Å². The quantitative estimate of drug-likeness (QED) is 0.416. The summed E-state index contributed by atoms with van der Waals surface area (Å²) in [5.41, 5.74) is -0.459. The van der Waals surface area contributed by atoms with Gasteiger partial charge < -0.3 is 19.4 Å². The molecule has 0 aromatic heterocycles. The van der Waals surface area contributed by atoms with E-state index in [4.69, 9.17) is 17.0 Å². The fraction of sp³-hybridized carbons (Fsp3) is 0.769. The minimum Gasteiger partial charge on any atom is -0.444 e. The maximum absolute atomic E-state index is 11.9. The number of carbonyl (C=O) groups is 1. The number of rotatable bonds is 1. The molecule has 6 nitrogen and oxygen atoms in total. The van der Waals surface area contributed by atoms with E-state index in [1.165, 1.54) is 0 Å². The molecule has 0 unspecified atom stereocenters. The number of aliphatic imine (C=N–C) groups is 1. The summed E-state index contributed by atoms with van der Waals surface area (Å²) in [7, 11) is 3.79. The lowest BCUT2D eigenvalue weighted by atomic mass is 10.2. The Morgan fingerprint density at radius 2 is 1.70 bits per heavy atom. The second kappa shape index (κ2) is 6.88. The first-order valence-electron chi connectivity index (χ1n) is 6.66. The summed E-state index contributed by atoms with van der Waals surface area (Å²) in [6, 6.07) is 0. The molecule has 1 rings (SSSR count). The molecule has 1 aliphatic heterocycles. The molecule has 1 amide bonds. The molecular formula is C13H24N4O2S. The molecule has 0 spiro atoms. The minimum atomic E-state index is -0.459. The van der Waals surface area contributed by atoms with Crippen LogP contribution in [0.15, 0.2) is 4.99 Å². The van der Waals surface area contributed by atoms with E-state index in [1.54, 1.807) is 11.2 Å². The van der Waals surface area contributed by atoms with E-state index in [0.29, 0.717) is 31.3 Å². The van der Waals surface area contributed by atoms with E-state index in [-0.39, 0.29) is 6.09 Å². The number of hydrogen-bond donors (Lipinski definition) is 0. The molecule has 1 aliphatic rings. The van der Waals surface area contributed by atoms with Gasteiger partial charge in [-0.2, -0.15) is 0 Å². The van der Waals surface area contributed by atoms with Crippen LogP contribution in [-0.4, -0.2) is 78.1 Å². The maximum Gasteiger partial charge on any atom is 0.410 e. The van der Waals surface area contributed by atoms with Gasteiger partial charge in [-0.25, -0.2) is 9.79 Å². The summed E-state index contributed by atoms with van der Waals surface area (Å²) in [6.07, 6.45) is 1.42. The SMILES string of the molecule is CN(C)/C=N/C(=S)N1CCN(C(=O)OC(C)(C)C)CC1. The third-order valence-electron chi connectivity index (χ3n) is 2.60. The number of ether oxygens (including phenoxy) is 1. The number of hydrogen-bond acceptors (Lipinski definition) is 3. The van der Waals surface area contributed by atoms with Crippen molar-refractivity contribution in [3.8, 4) is 0 Å². The molecule has 0 saturated carbocycles. The Morgan fingerprint density at radius 1 is 1.20 bits per heavy atom. The lowest BCUT2D eigenvalue weighted by Crippen LogP contribution is -2.51. The summed E-state index contributed by atoms with van der Waals surface area (Å²) in [4.78, 5) is 21.7. The first kappa shape index (κ1) is 16.7. The Hall–Kier alpha value is -1.37. The van der Waals surface area contributed by atoms with Crippen LogP contribution < -0.4 is 0 Å². The van der Waals surface area contributed by atoms with Gasteiger partial charge in [0, 0.05) is 40.3 Å². The van der Waals surface area contributed by atoms with Crippen molar-refractivity contribution in [2.45, 2.75) is 26.4 Å². The molecule has 7 heteroatoms. The van der Waals surface area contributed by atoms with E-state index in [1.807, 2.05) is 44.7 Å². The molecule has 1 fully saturated rings. The summed E-state index contributed by atoms with van der Waals surface area (Å²) in [5.74, 6) is 0. The van der Waals surface area contributed by atoms with E-state index < -0.39 is 5.60 Å². The van der Waals surface area contributed by atoms with Crippen molar-refractivity contribution in [2.24, 2.45) is 4.99 Å². The van der Waals surface area contributed by atoms with Gasteiger partial charge in [0.25, 0.3) is 0 Å². The summed E-state index contributed by atoms with van der Waals surface area (Å²) < 4.78 is 5.35. The number of piperazine rings is 1. The number of amides is 1. The van der Waals surface area contributed by atoms with Crippen molar-refractivity contribution in [3.63, 3.8) is 0 Å². The monoisotopic (exact) mass is 300 g/mol. The molecule has 1 saturated heterocycles. The number of thiocarbonyl (C=S) groups is 1. The van der Waals surface area contributed by atoms with Gasteiger partial charge in [0.1, 0.15) is 5.60 Å². The smallest absolute Gasteiger partial charge is 0.410 e. The highest BCUT2D eigenvalue weighted by Gasteiger charge is 2.26. The van der Waals surface area contributed by atoms with Gasteiger partial charge in [0.05, 0.1) is 6.34 Å². The molecule has 114 valence electrons. The molecule has 0 atom stereocenters. The highest BCUT2D eigenvalue weighted by molar-refractivity contribution is 7.80. The fourth-order valence-electron chi connectivity index (χ4n) is 1.65. The van der Waals surface area contributed by atoms with Crippen molar-refractivity contribution in [1.29, 1.82) is 0 Å². The van der Waals surface area contributed by atoms with Crippen LogP contribution in [0.2, 0.25) is 0 Å². The molecule has 0 bridgehead atoms. The zero-order valence-corrected chi connectivity index (χ0v) is 13.7. The zero-order chi connectivity index (χ0) is 15.3. The first-order chi connectivity index (χ1) is 9.19. The average molecular weight is 300 g/mol.